The predicted octanol–water partition coefficient (Wildman–Crippen LogP) is 3.24. The van der Waals surface area contributed by atoms with Gasteiger partial charge in [0.25, 0.3) is 0 Å². The first kappa shape index (κ1) is 16.5. The number of benzene rings is 1. The monoisotopic (exact) mass is 345 g/mol. The number of anilines is 1. The van der Waals surface area contributed by atoms with Crippen LogP contribution in [-0.2, 0) is 0 Å². The number of thiophene rings is 1. The molecule has 0 spiro atoms. The van der Waals surface area contributed by atoms with Gasteiger partial charge in [-0.15, -0.1) is 11.3 Å². The SMILES string of the molecule is CC(C)(CO)Nc1ncc2cc(C(=O)c3cccc(F)c3)sc2n1. The first-order valence-corrected chi connectivity index (χ1v) is 8.15. The third kappa shape index (κ3) is 3.42. The quantitative estimate of drug-likeness (QED) is 0.694. The van der Waals surface area contributed by atoms with Crippen LogP contribution >= 0.6 is 11.3 Å². The molecule has 0 radical (unpaired) electrons. The van der Waals surface area contributed by atoms with Gasteiger partial charge >= 0.3 is 0 Å². The van der Waals surface area contributed by atoms with Gasteiger partial charge in [0.2, 0.25) is 11.7 Å². The summed E-state index contributed by atoms with van der Waals surface area (Å²) < 4.78 is 13.3. The molecule has 2 aromatic heterocycles. The maximum atomic E-state index is 13.3. The molecule has 0 aliphatic carbocycles. The van der Waals surface area contributed by atoms with Crippen molar-refractivity contribution in [1.82, 2.24) is 9.97 Å². The summed E-state index contributed by atoms with van der Waals surface area (Å²) in [5.41, 5.74) is -0.250. The molecule has 3 rings (SSSR count). The standard InChI is InChI=1S/C17H16FN3O2S/c1-17(2,9-22)21-16-19-8-11-7-13(24-15(11)20-16)14(23)10-4-3-5-12(18)6-10/h3-8,22H,9H2,1-2H3,(H,19,20,21). The zero-order valence-corrected chi connectivity index (χ0v) is 14.0. The number of hydrogen-bond donors (Lipinski definition) is 2. The van der Waals surface area contributed by atoms with Crippen molar-refractivity contribution in [3.63, 3.8) is 0 Å². The number of nitrogens with zero attached hydrogens (tertiary/aromatic N) is 2. The Hall–Kier alpha value is -2.38. The van der Waals surface area contributed by atoms with Crippen LogP contribution in [-0.4, -0.2) is 33.0 Å². The van der Waals surface area contributed by atoms with Gasteiger partial charge in [-0.1, -0.05) is 12.1 Å². The minimum atomic E-state index is -0.550. The number of carbonyl (C=O) groups excluding carboxylic acids is 1. The molecule has 0 saturated heterocycles. The fraction of sp³-hybridized carbons (Fsp3) is 0.235. The summed E-state index contributed by atoms with van der Waals surface area (Å²) in [5, 5.41) is 13.1. The van der Waals surface area contributed by atoms with E-state index in [0.29, 0.717) is 21.2 Å². The maximum Gasteiger partial charge on any atom is 0.224 e. The third-order valence-corrected chi connectivity index (χ3v) is 4.47. The normalized spacial score (nSPS) is 11.7. The number of fused-ring (bicyclic) bond motifs is 1. The van der Waals surface area contributed by atoms with Gasteiger partial charge in [-0.25, -0.2) is 14.4 Å². The molecule has 0 bridgehead atoms. The highest BCUT2D eigenvalue weighted by atomic mass is 32.1. The second-order valence-corrected chi connectivity index (χ2v) is 7.10. The van der Waals surface area contributed by atoms with Crippen LogP contribution in [0, 0.1) is 5.82 Å². The first-order chi connectivity index (χ1) is 11.4. The zero-order chi connectivity index (χ0) is 17.3. The largest absolute Gasteiger partial charge is 0.394 e. The molecule has 1 aromatic carbocycles. The van der Waals surface area contributed by atoms with E-state index in [-0.39, 0.29) is 12.4 Å². The molecule has 24 heavy (non-hydrogen) atoms. The number of ketones is 1. The minimum Gasteiger partial charge on any atom is -0.394 e. The molecule has 0 aliphatic heterocycles. The Balaban J connectivity index is 1.92. The number of halogens is 1. The maximum absolute atomic E-state index is 13.3. The number of carbonyl (C=O) groups is 1. The van der Waals surface area contributed by atoms with Crippen LogP contribution in [0.5, 0.6) is 0 Å². The summed E-state index contributed by atoms with van der Waals surface area (Å²) in [6, 6.07) is 7.31. The second-order valence-electron chi connectivity index (χ2n) is 6.07. The smallest absolute Gasteiger partial charge is 0.224 e. The van der Waals surface area contributed by atoms with Crippen LogP contribution < -0.4 is 5.32 Å². The molecule has 0 amide bonds. The summed E-state index contributed by atoms with van der Waals surface area (Å²) in [5.74, 6) is -0.310. The first-order valence-electron chi connectivity index (χ1n) is 7.34. The van der Waals surface area contributed by atoms with Gasteiger partial charge in [0.05, 0.1) is 17.0 Å². The molecule has 5 nitrogen and oxygen atoms in total. The summed E-state index contributed by atoms with van der Waals surface area (Å²) in [6.45, 7) is 3.59. The van der Waals surface area contributed by atoms with Crippen LogP contribution in [0.3, 0.4) is 0 Å². The molecule has 2 N–H and O–H groups in total. The number of aliphatic hydroxyl groups excluding tert-OH is 1. The van der Waals surface area contributed by atoms with Gasteiger partial charge in [0, 0.05) is 17.1 Å². The summed E-state index contributed by atoms with van der Waals surface area (Å²) in [7, 11) is 0. The number of aromatic nitrogens is 2. The van der Waals surface area contributed by atoms with E-state index in [9.17, 15) is 14.3 Å². The van der Waals surface area contributed by atoms with Gasteiger partial charge in [-0.2, -0.15) is 0 Å². The lowest BCUT2D eigenvalue weighted by Crippen LogP contribution is -2.35. The van der Waals surface area contributed by atoms with E-state index in [1.165, 1.54) is 29.5 Å². The molecule has 0 unspecified atom stereocenters. The van der Waals surface area contributed by atoms with Crippen molar-refractivity contribution in [2.45, 2.75) is 19.4 Å². The van der Waals surface area contributed by atoms with Crippen molar-refractivity contribution in [2.24, 2.45) is 0 Å². The Bertz CT molecular complexity index is 908. The molecule has 0 aliphatic rings. The van der Waals surface area contributed by atoms with Crippen molar-refractivity contribution < 1.29 is 14.3 Å². The topological polar surface area (TPSA) is 75.1 Å². The van der Waals surface area contributed by atoms with Gasteiger partial charge in [-0.3, -0.25) is 4.79 Å². The fourth-order valence-corrected chi connectivity index (χ4v) is 3.08. The molecule has 3 aromatic rings. The molecule has 0 fully saturated rings. The van der Waals surface area contributed by atoms with Crippen LogP contribution in [0.2, 0.25) is 0 Å². The van der Waals surface area contributed by atoms with E-state index in [2.05, 4.69) is 15.3 Å². The van der Waals surface area contributed by atoms with E-state index < -0.39 is 11.4 Å². The van der Waals surface area contributed by atoms with E-state index in [1.807, 2.05) is 13.8 Å². The molecular formula is C17H16FN3O2S. The van der Waals surface area contributed by atoms with Crippen LogP contribution in [0.4, 0.5) is 10.3 Å². The Morgan fingerprint density at radius 3 is 2.88 bits per heavy atom. The van der Waals surface area contributed by atoms with E-state index in [4.69, 9.17) is 0 Å². The summed E-state index contributed by atoms with van der Waals surface area (Å²) >= 11 is 1.23. The second kappa shape index (κ2) is 6.26. The summed E-state index contributed by atoms with van der Waals surface area (Å²) in [6.07, 6.45) is 1.62. The van der Waals surface area contributed by atoms with Gasteiger partial charge in [0.15, 0.2) is 0 Å². The van der Waals surface area contributed by atoms with Crippen molar-refractivity contribution in [3.8, 4) is 0 Å². The molecule has 124 valence electrons. The van der Waals surface area contributed by atoms with Crippen LogP contribution in [0.15, 0.2) is 36.5 Å². The third-order valence-electron chi connectivity index (χ3n) is 3.43. The van der Waals surface area contributed by atoms with Crippen molar-refractivity contribution in [2.75, 3.05) is 11.9 Å². The van der Waals surface area contributed by atoms with Gasteiger partial charge in [0.1, 0.15) is 10.6 Å². The van der Waals surface area contributed by atoms with Crippen LogP contribution in [0.1, 0.15) is 29.1 Å². The van der Waals surface area contributed by atoms with Crippen LogP contribution in [0.25, 0.3) is 10.2 Å². The number of nitrogens with one attached hydrogen (secondary N) is 1. The molecule has 0 saturated carbocycles. The molecule has 0 atom stereocenters. The highest BCUT2D eigenvalue weighted by Crippen LogP contribution is 2.27. The van der Waals surface area contributed by atoms with Crippen molar-refractivity contribution >= 4 is 33.3 Å². The average Bonchev–Trinajstić information content (AvgIpc) is 2.97. The lowest BCUT2D eigenvalue weighted by Gasteiger charge is -2.23. The van der Waals surface area contributed by atoms with Crippen molar-refractivity contribution in [1.29, 1.82) is 0 Å². The van der Waals surface area contributed by atoms with Crippen molar-refractivity contribution in [3.05, 3.63) is 52.8 Å². The highest BCUT2D eigenvalue weighted by Gasteiger charge is 2.19. The Labute approximate surface area is 142 Å². The number of rotatable bonds is 5. The Morgan fingerprint density at radius 1 is 1.38 bits per heavy atom. The fourth-order valence-electron chi connectivity index (χ4n) is 2.12. The zero-order valence-electron chi connectivity index (χ0n) is 13.2. The van der Waals surface area contributed by atoms with Gasteiger partial charge < -0.3 is 10.4 Å². The van der Waals surface area contributed by atoms with E-state index in [1.54, 1.807) is 18.3 Å². The molecular weight excluding hydrogens is 329 g/mol. The predicted molar refractivity (Wildman–Crippen MR) is 92.0 cm³/mol. The summed E-state index contributed by atoms with van der Waals surface area (Å²) in [4.78, 5) is 22.2. The average molecular weight is 345 g/mol. The number of hydrogen-bond acceptors (Lipinski definition) is 6. The minimum absolute atomic E-state index is 0.0673. The molecule has 7 heteroatoms. The van der Waals surface area contributed by atoms with E-state index in [0.717, 1.165) is 5.39 Å². The Morgan fingerprint density at radius 2 is 2.17 bits per heavy atom. The highest BCUT2D eigenvalue weighted by molar-refractivity contribution is 7.20. The lowest BCUT2D eigenvalue weighted by molar-refractivity contribution is 0.104. The number of aliphatic hydroxyl groups is 1. The molecule has 2 heterocycles. The lowest BCUT2D eigenvalue weighted by atomic mass is 10.1. The van der Waals surface area contributed by atoms with E-state index >= 15 is 0 Å². The Kier molecular flexibility index (Phi) is 4.29. The van der Waals surface area contributed by atoms with Gasteiger partial charge in [-0.05, 0) is 32.0 Å².